The molecule has 0 saturated heterocycles. The van der Waals surface area contributed by atoms with Gasteiger partial charge in [0.2, 0.25) is 5.76 Å². The lowest BCUT2D eigenvalue weighted by molar-refractivity contribution is 0.0659. The molecule has 0 aliphatic rings. The summed E-state index contributed by atoms with van der Waals surface area (Å²) in [5.74, 6) is -1.95. The number of aryl methyl sites for hydroxylation is 2. The molecule has 0 spiro atoms. The number of hydrogen-bond acceptors (Lipinski definition) is 5. The third-order valence-corrected chi connectivity index (χ3v) is 3.59. The van der Waals surface area contributed by atoms with Crippen molar-refractivity contribution >= 4 is 23.2 Å². The molecule has 0 bridgehead atoms. The monoisotopic (exact) mass is 280 g/mol. The molecule has 1 amide bonds. The van der Waals surface area contributed by atoms with Crippen molar-refractivity contribution in [3.8, 4) is 0 Å². The first-order valence-electron chi connectivity index (χ1n) is 5.51. The molecule has 100 valence electrons. The molecule has 19 heavy (non-hydrogen) atoms. The van der Waals surface area contributed by atoms with E-state index in [1.54, 1.807) is 0 Å². The number of carbonyl (C=O) groups excluding carboxylic acids is 1. The predicted molar refractivity (Wildman–Crippen MR) is 68.4 cm³/mol. The minimum atomic E-state index is -1.20. The molecule has 2 rings (SSSR count). The Morgan fingerprint density at radius 2 is 2.05 bits per heavy atom. The molecule has 7 heteroatoms. The molecule has 2 heterocycles. The standard InChI is InChI=1S/C12H12N2O4S/c1-6-7(2)19-10(14-6)5-13-11(15)8-3-4-9(18-8)12(16)17/h3-4H,5H2,1-2H3,(H,13,15)(H,16,17). The number of aromatic carboxylic acids is 1. The van der Waals surface area contributed by atoms with Crippen LogP contribution in [-0.4, -0.2) is 22.0 Å². The average Bonchev–Trinajstić information content (AvgIpc) is 2.95. The Labute approximate surface area is 113 Å². The van der Waals surface area contributed by atoms with Crippen LogP contribution in [0.5, 0.6) is 0 Å². The molecule has 0 fully saturated rings. The molecule has 2 aromatic heterocycles. The van der Waals surface area contributed by atoms with Crippen molar-refractivity contribution in [2.24, 2.45) is 0 Å². The summed E-state index contributed by atoms with van der Waals surface area (Å²) in [5.41, 5.74) is 0.945. The molecule has 2 aromatic rings. The molecule has 0 radical (unpaired) electrons. The molecular formula is C12H12N2O4S. The molecule has 2 N–H and O–H groups in total. The average molecular weight is 280 g/mol. The zero-order valence-corrected chi connectivity index (χ0v) is 11.2. The van der Waals surface area contributed by atoms with E-state index in [0.717, 1.165) is 15.6 Å². The summed E-state index contributed by atoms with van der Waals surface area (Å²) < 4.78 is 4.90. The highest BCUT2D eigenvalue weighted by atomic mass is 32.1. The van der Waals surface area contributed by atoms with Crippen LogP contribution in [0.2, 0.25) is 0 Å². The molecule has 0 unspecified atom stereocenters. The van der Waals surface area contributed by atoms with E-state index in [2.05, 4.69) is 10.3 Å². The number of furan rings is 1. The molecule has 0 aliphatic carbocycles. The second kappa shape index (κ2) is 5.23. The lowest BCUT2D eigenvalue weighted by Gasteiger charge is -1.99. The summed E-state index contributed by atoms with van der Waals surface area (Å²) in [4.78, 5) is 27.7. The fourth-order valence-electron chi connectivity index (χ4n) is 1.43. The molecule has 0 atom stereocenters. The van der Waals surface area contributed by atoms with Gasteiger partial charge in [0.1, 0.15) is 5.01 Å². The van der Waals surface area contributed by atoms with Crippen molar-refractivity contribution in [3.63, 3.8) is 0 Å². The van der Waals surface area contributed by atoms with Crippen LogP contribution in [0.15, 0.2) is 16.5 Å². The highest BCUT2D eigenvalue weighted by Gasteiger charge is 2.15. The van der Waals surface area contributed by atoms with Crippen molar-refractivity contribution in [1.82, 2.24) is 10.3 Å². The van der Waals surface area contributed by atoms with Gasteiger partial charge >= 0.3 is 5.97 Å². The smallest absolute Gasteiger partial charge is 0.371 e. The van der Waals surface area contributed by atoms with Gasteiger partial charge in [0.05, 0.1) is 12.2 Å². The van der Waals surface area contributed by atoms with Crippen molar-refractivity contribution in [1.29, 1.82) is 0 Å². The lowest BCUT2D eigenvalue weighted by Crippen LogP contribution is -2.22. The first-order valence-corrected chi connectivity index (χ1v) is 6.33. The number of carboxylic acids is 1. The largest absolute Gasteiger partial charge is 0.475 e. The number of amides is 1. The Kier molecular flexibility index (Phi) is 3.66. The summed E-state index contributed by atoms with van der Waals surface area (Å²) in [7, 11) is 0. The molecule has 0 saturated carbocycles. The Bertz CT molecular complexity index is 610. The van der Waals surface area contributed by atoms with E-state index < -0.39 is 11.9 Å². The summed E-state index contributed by atoms with van der Waals surface area (Å²) in [6.45, 7) is 4.16. The van der Waals surface area contributed by atoms with E-state index in [-0.39, 0.29) is 11.5 Å². The van der Waals surface area contributed by atoms with Crippen LogP contribution < -0.4 is 5.32 Å². The second-order valence-electron chi connectivity index (χ2n) is 3.90. The fraction of sp³-hybridized carbons (Fsp3) is 0.250. The van der Waals surface area contributed by atoms with Crippen molar-refractivity contribution < 1.29 is 19.1 Å². The third kappa shape index (κ3) is 3.00. The quantitative estimate of drug-likeness (QED) is 0.893. The first kappa shape index (κ1) is 13.3. The van der Waals surface area contributed by atoms with Gasteiger partial charge in [-0.2, -0.15) is 0 Å². The van der Waals surface area contributed by atoms with Crippen LogP contribution >= 0.6 is 11.3 Å². The van der Waals surface area contributed by atoms with Crippen LogP contribution in [-0.2, 0) is 6.54 Å². The maximum atomic E-state index is 11.7. The van der Waals surface area contributed by atoms with Crippen molar-refractivity contribution in [2.45, 2.75) is 20.4 Å². The Balaban J connectivity index is 1.99. The number of nitrogens with zero attached hydrogens (tertiary/aromatic N) is 1. The van der Waals surface area contributed by atoms with Crippen LogP contribution in [0, 0.1) is 13.8 Å². The molecule has 6 nitrogen and oxygen atoms in total. The van der Waals surface area contributed by atoms with Gasteiger partial charge < -0.3 is 14.8 Å². The van der Waals surface area contributed by atoms with Gasteiger partial charge in [-0.15, -0.1) is 11.3 Å². The van der Waals surface area contributed by atoms with E-state index in [0.29, 0.717) is 6.54 Å². The van der Waals surface area contributed by atoms with Crippen LogP contribution in [0.3, 0.4) is 0 Å². The minimum absolute atomic E-state index is 0.0256. The Morgan fingerprint density at radius 3 is 2.58 bits per heavy atom. The topological polar surface area (TPSA) is 92.4 Å². The van der Waals surface area contributed by atoms with E-state index in [1.165, 1.54) is 23.5 Å². The number of aromatic nitrogens is 1. The third-order valence-electron chi connectivity index (χ3n) is 2.51. The second-order valence-corrected chi connectivity index (χ2v) is 5.19. The van der Waals surface area contributed by atoms with Gasteiger partial charge in [-0.25, -0.2) is 9.78 Å². The minimum Gasteiger partial charge on any atom is -0.475 e. The van der Waals surface area contributed by atoms with Gasteiger partial charge in [0.25, 0.3) is 5.91 Å². The van der Waals surface area contributed by atoms with Crippen LogP contribution in [0.1, 0.15) is 36.7 Å². The maximum absolute atomic E-state index is 11.7. The Morgan fingerprint density at radius 1 is 1.37 bits per heavy atom. The van der Waals surface area contributed by atoms with E-state index >= 15 is 0 Å². The van der Waals surface area contributed by atoms with Gasteiger partial charge in [0.15, 0.2) is 5.76 Å². The highest BCUT2D eigenvalue weighted by Crippen LogP contribution is 2.16. The first-order chi connectivity index (χ1) is 8.97. The van der Waals surface area contributed by atoms with Gasteiger partial charge in [-0.1, -0.05) is 0 Å². The molecular weight excluding hydrogens is 268 g/mol. The van der Waals surface area contributed by atoms with E-state index in [4.69, 9.17) is 9.52 Å². The summed E-state index contributed by atoms with van der Waals surface area (Å²) in [6.07, 6.45) is 0. The maximum Gasteiger partial charge on any atom is 0.371 e. The van der Waals surface area contributed by atoms with Crippen LogP contribution in [0.25, 0.3) is 0 Å². The summed E-state index contributed by atoms with van der Waals surface area (Å²) >= 11 is 1.51. The fourth-order valence-corrected chi connectivity index (χ4v) is 2.31. The number of nitrogens with one attached hydrogen (secondary N) is 1. The zero-order chi connectivity index (χ0) is 14.0. The normalized spacial score (nSPS) is 10.4. The number of rotatable bonds is 4. The number of hydrogen-bond donors (Lipinski definition) is 2. The highest BCUT2D eigenvalue weighted by molar-refractivity contribution is 7.11. The number of thiazole rings is 1. The van der Waals surface area contributed by atoms with Crippen LogP contribution in [0.4, 0.5) is 0 Å². The lowest BCUT2D eigenvalue weighted by atomic mass is 10.4. The molecule has 0 aliphatic heterocycles. The zero-order valence-electron chi connectivity index (χ0n) is 10.4. The Hall–Kier alpha value is -2.15. The molecule has 0 aromatic carbocycles. The number of carbonyl (C=O) groups is 2. The summed E-state index contributed by atoms with van der Waals surface area (Å²) in [5, 5.41) is 12.1. The number of carboxylic acid groups (broad SMARTS) is 1. The summed E-state index contributed by atoms with van der Waals surface area (Å²) in [6, 6.07) is 2.58. The van der Waals surface area contributed by atoms with Gasteiger partial charge in [-0.05, 0) is 26.0 Å². The van der Waals surface area contributed by atoms with Crippen molar-refractivity contribution in [3.05, 3.63) is 39.2 Å². The van der Waals surface area contributed by atoms with E-state index in [9.17, 15) is 9.59 Å². The van der Waals surface area contributed by atoms with Gasteiger partial charge in [0, 0.05) is 4.88 Å². The SMILES string of the molecule is Cc1nc(CNC(=O)c2ccc(C(=O)O)o2)sc1C. The predicted octanol–water partition coefficient (Wildman–Crippen LogP) is 1.98. The van der Waals surface area contributed by atoms with E-state index in [1.807, 2.05) is 13.8 Å². The van der Waals surface area contributed by atoms with Gasteiger partial charge in [-0.3, -0.25) is 4.79 Å². The van der Waals surface area contributed by atoms with Crippen molar-refractivity contribution in [2.75, 3.05) is 0 Å².